The molecule has 1 amide bonds. The number of hydrogen-bond acceptors (Lipinski definition) is 5. The lowest BCUT2D eigenvalue weighted by Crippen LogP contribution is -2.24. The molecule has 0 bridgehead atoms. The molecule has 1 heterocycles. The van der Waals surface area contributed by atoms with Crippen LogP contribution in [-0.4, -0.2) is 32.6 Å². The zero-order valence-corrected chi connectivity index (χ0v) is 15.3. The number of nitrogens with one attached hydrogen (secondary N) is 1. The molecule has 0 fully saturated rings. The van der Waals surface area contributed by atoms with Crippen LogP contribution in [0.15, 0.2) is 18.2 Å². The molecule has 0 aliphatic heterocycles. The van der Waals surface area contributed by atoms with E-state index in [4.69, 9.17) is 0 Å². The SMILES string of the molecule is Cc1cc(C)cc(NC(=O)c2sc(N(C)S(C)(=O)=O)nc2C)c1. The van der Waals surface area contributed by atoms with Crippen LogP contribution in [0.4, 0.5) is 10.8 Å². The van der Waals surface area contributed by atoms with Crippen molar-refractivity contribution in [2.24, 2.45) is 0 Å². The van der Waals surface area contributed by atoms with Crippen LogP contribution in [0, 0.1) is 20.8 Å². The number of carbonyl (C=O) groups excluding carboxylic acids is 1. The Morgan fingerprint density at radius 2 is 1.74 bits per heavy atom. The molecule has 6 nitrogen and oxygen atoms in total. The highest BCUT2D eigenvalue weighted by Gasteiger charge is 2.21. The van der Waals surface area contributed by atoms with E-state index in [1.54, 1.807) is 6.92 Å². The Bertz CT molecular complexity index is 837. The summed E-state index contributed by atoms with van der Waals surface area (Å²) in [5.41, 5.74) is 3.32. The molecular weight excluding hydrogens is 334 g/mol. The molecule has 0 spiro atoms. The van der Waals surface area contributed by atoms with Crippen molar-refractivity contribution in [3.63, 3.8) is 0 Å². The van der Waals surface area contributed by atoms with Gasteiger partial charge in [0.15, 0.2) is 5.13 Å². The molecule has 2 rings (SSSR count). The monoisotopic (exact) mass is 353 g/mol. The molecule has 0 atom stereocenters. The second-order valence-electron chi connectivity index (χ2n) is 5.47. The average Bonchev–Trinajstić information content (AvgIpc) is 2.77. The van der Waals surface area contributed by atoms with E-state index in [9.17, 15) is 13.2 Å². The third-order valence-electron chi connectivity index (χ3n) is 3.24. The summed E-state index contributed by atoms with van der Waals surface area (Å²) < 4.78 is 24.2. The number of amides is 1. The summed E-state index contributed by atoms with van der Waals surface area (Å²) in [4.78, 5) is 17.0. The predicted octanol–water partition coefficient (Wildman–Crippen LogP) is 2.72. The van der Waals surface area contributed by atoms with E-state index in [0.29, 0.717) is 16.3 Å². The Balaban J connectivity index is 2.28. The molecule has 8 heteroatoms. The molecular formula is C15H19N3O3S2. The first-order chi connectivity index (χ1) is 10.6. The number of aromatic nitrogens is 1. The van der Waals surface area contributed by atoms with E-state index in [1.807, 2.05) is 32.0 Å². The summed E-state index contributed by atoms with van der Waals surface area (Å²) in [6, 6.07) is 5.78. The second kappa shape index (κ2) is 6.29. The molecule has 1 aromatic heterocycles. The maximum Gasteiger partial charge on any atom is 0.267 e. The molecule has 0 saturated heterocycles. The van der Waals surface area contributed by atoms with Crippen molar-refractivity contribution in [3.05, 3.63) is 39.9 Å². The minimum absolute atomic E-state index is 0.274. The van der Waals surface area contributed by atoms with Gasteiger partial charge in [0.25, 0.3) is 5.91 Å². The number of aryl methyl sites for hydroxylation is 3. The van der Waals surface area contributed by atoms with E-state index >= 15 is 0 Å². The average molecular weight is 353 g/mol. The lowest BCUT2D eigenvalue weighted by Gasteiger charge is -2.11. The number of anilines is 2. The lowest BCUT2D eigenvalue weighted by molar-refractivity contribution is 0.103. The van der Waals surface area contributed by atoms with Gasteiger partial charge in [0, 0.05) is 12.7 Å². The van der Waals surface area contributed by atoms with E-state index in [0.717, 1.165) is 33.0 Å². The van der Waals surface area contributed by atoms with Gasteiger partial charge in [0.1, 0.15) is 4.88 Å². The Hall–Kier alpha value is -1.93. The minimum atomic E-state index is -3.41. The van der Waals surface area contributed by atoms with Gasteiger partial charge in [0.2, 0.25) is 10.0 Å². The Kier molecular flexibility index (Phi) is 4.76. The summed E-state index contributed by atoms with van der Waals surface area (Å²) in [5.74, 6) is -0.293. The summed E-state index contributed by atoms with van der Waals surface area (Å²) in [7, 11) is -1.99. The second-order valence-corrected chi connectivity index (χ2v) is 8.46. The van der Waals surface area contributed by atoms with Gasteiger partial charge in [-0.25, -0.2) is 17.7 Å². The first kappa shape index (κ1) is 17.4. The number of rotatable bonds is 4. The Morgan fingerprint density at radius 1 is 1.17 bits per heavy atom. The summed E-state index contributed by atoms with van der Waals surface area (Å²) in [5, 5.41) is 3.11. The first-order valence-corrected chi connectivity index (χ1v) is 9.55. The third kappa shape index (κ3) is 4.08. The third-order valence-corrected chi connectivity index (χ3v) is 5.75. The van der Waals surface area contributed by atoms with E-state index < -0.39 is 10.0 Å². The molecule has 2 aromatic rings. The van der Waals surface area contributed by atoms with E-state index in [2.05, 4.69) is 10.3 Å². The number of nitrogens with zero attached hydrogens (tertiary/aromatic N) is 2. The van der Waals surface area contributed by atoms with Crippen molar-refractivity contribution in [3.8, 4) is 0 Å². The van der Waals surface area contributed by atoms with Crippen molar-refractivity contribution >= 4 is 38.1 Å². The Morgan fingerprint density at radius 3 is 2.26 bits per heavy atom. The molecule has 1 N–H and O–H groups in total. The molecule has 0 saturated carbocycles. The largest absolute Gasteiger partial charge is 0.321 e. The van der Waals surface area contributed by atoms with Crippen LogP contribution in [-0.2, 0) is 10.0 Å². The van der Waals surface area contributed by atoms with Gasteiger partial charge < -0.3 is 5.32 Å². The molecule has 0 aliphatic rings. The van der Waals surface area contributed by atoms with Crippen LogP contribution in [0.3, 0.4) is 0 Å². The van der Waals surface area contributed by atoms with Gasteiger partial charge in [0.05, 0.1) is 11.9 Å². The first-order valence-electron chi connectivity index (χ1n) is 6.89. The fourth-order valence-corrected chi connectivity index (χ4v) is 3.78. The summed E-state index contributed by atoms with van der Waals surface area (Å²) in [6.07, 6.45) is 1.10. The quantitative estimate of drug-likeness (QED) is 0.916. The van der Waals surface area contributed by atoms with Crippen molar-refractivity contribution in [2.75, 3.05) is 22.9 Å². The van der Waals surface area contributed by atoms with Crippen molar-refractivity contribution in [1.82, 2.24) is 4.98 Å². The van der Waals surface area contributed by atoms with Crippen LogP contribution >= 0.6 is 11.3 Å². The van der Waals surface area contributed by atoms with Gasteiger partial charge in [-0.05, 0) is 44.0 Å². The van der Waals surface area contributed by atoms with Crippen molar-refractivity contribution in [1.29, 1.82) is 0 Å². The van der Waals surface area contributed by atoms with Crippen LogP contribution in [0.25, 0.3) is 0 Å². The van der Waals surface area contributed by atoms with Crippen LogP contribution in [0.5, 0.6) is 0 Å². The molecule has 0 unspecified atom stereocenters. The van der Waals surface area contributed by atoms with Gasteiger partial charge in [-0.15, -0.1) is 0 Å². The maximum absolute atomic E-state index is 12.4. The van der Waals surface area contributed by atoms with Gasteiger partial charge >= 0.3 is 0 Å². The van der Waals surface area contributed by atoms with Crippen molar-refractivity contribution < 1.29 is 13.2 Å². The minimum Gasteiger partial charge on any atom is -0.321 e. The number of benzene rings is 1. The maximum atomic E-state index is 12.4. The van der Waals surface area contributed by atoms with Crippen LogP contribution in [0.1, 0.15) is 26.5 Å². The molecule has 0 radical (unpaired) electrons. The molecule has 124 valence electrons. The fraction of sp³-hybridized carbons (Fsp3) is 0.333. The zero-order chi connectivity index (χ0) is 17.4. The molecule has 0 aliphatic carbocycles. The number of carbonyl (C=O) groups is 1. The number of hydrogen-bond donors (Lipinski definition) is 1. The van der Waals surface area contributed by atoms with E-state index in [-0.39, 0.29) is 11.0 Å². The van der Waals surface area contributed by atoms with Gasteiger partial charge in [-0.1, -0.05) is 17.4 Å². The Labute approximate surface area is 140 Å². The molecule has 23 heavy (non-hydrogen) atoms. The highest BCUT2D eigenvalue weighted by molar-refractivity contribution is 7.92. The zero-order valence-electron chi connectivity index (χ0n) is 13.7. The van der Waals surface area contributed by atoms with E-state index in [1.165, 1.54) is 7.05 Å². The topological polar surface area (TPSA) is 79.4 Å². The number of thiazole rings is 1. The van der Waals surface area contributed by atoms with Crippen LogP contribution in [0.2, 0.25) is 0 Å². The summed E-state index contributed by atoms with van der Waals surface area (Å²) in [6.45, 7) is 5.60. The predicted molar refractivity (Wildman–Crippen MR) is 94.0 cm³/mol. The van der Waals surface area contributed by atoms with Crippen LogP contribution < -0.4 is 9.62 Å². The van der Waals surface area contributed by atoms with Gasteiger partial charge in [-0.3, -0.25) is 4.79 Å². The molecule has 1 aromatic carbocycles. The lowest BCUT2D eigenvalue weighted by atomic mass is 10.1. The standard InChI is InChI=1S/C15H19N3O3S2/c1-9-6-10(2)8-12(7-9)17-14(19)13-11(3)16-15(22-13)18(4)23(5,20)21/h6-8H,1-5H3,(H,17,19). The normalized spacial score (nSPS) is 11.3. The smallest absolute Gasteiger partial charge is 0.267 e. The fourth-order valence-electron chi connectivity index (χ4n) is 2.10. The highest BCUT2D eigenvalue weighted by atomic mass is 32.2. The summed E-state index contributed by atoms with van der Waals surface area (Å²) >= 11 is 1.05. The van der Waals surface area contributed by atoms with Gasteiger partial charge in [-0.2, -0.15) is 0 Å². The van der Waals surface area contributed by atoms with Crippen molar-refractivity contribution in [2.45, 2.75) is 20.8 Å². The highest BCUT2D eigenvalue weighted by Crippen LogP contribution is 2.27. The number of sulfonamides is 1.